The third kappa shape index (κ3) is 5.36. The maximum absolute atomic E-state index is 11.7. The molecule has 2 N–H and O–H groups in total. The minimum atomic E-state index is -0.0424. The van der Waals surface area contributed by atoms with E-state index >= 15 is 0 Å². The smallest absolute Gasteiger partial charge is 0.224 e. The van der Waals surface area contributed by atoms with Crippen LogP contribution in [0.1, 0.15) is 18.9 Å². The quantitative estimate of drug-likeness (QED) is 0.787. The van der Waals surface area contributed by atoms with Gasteiger partial charge in [0.05, 0.1) is 6.42 Å². The maximum atomic E-state index is 11.7. The van der Waals surface area contributed by atoms with Gasteiger partial charge in [-0.15, -0.1) is 0 Å². The van der Waals surface area contributed by atoms with Crippen LogP contribution in [0.15, 0.2) is 24.3 Å². The molecule has 0 aliphatic carbocycles. The molecule has 0 aliphatic heterocycles. The van der Waals surface area contributed by atoms with Gasteiger partial charge in [-0.1, -0.05) is 12.1 Å². The molecule has 1 unspecified atom stereocenters. The molecule has 0 saturated heterocycles. The molecule has 0 fully saturated rings. The van der Waals surface area contributed by atoms with Gasteiger partial charge in [-0.3, -0.25) is 4.79 Å². The van der Waals surface area contributed by atoms with E-state index in [-0.39, 0.29) is 24.1 Å². The van der Waals surface area contributed by atoms with E-state index in [0.29, 0.717) is 6.61 Å². The fraction of sp³-hybridized carbons (Fsp3) is 0.462. The zero-order chi connectivity index (χ0) is 12.7. The molecular formula is C13H19NO3. The Morgan fingerprint density at radius 3 is 2.94 bits per heavy atom. The summed E-state index contributed by atoms with van der Waals surface area (Å²) in [5, 5.41) is 12.2. The minimum Gasteiger partial charge on any atom is -0.508 e. The number of phenols is 1. The molecule has 1 rings (SSSR count). The van der Waals surface area contributed by atoms with E-state index in [1.165, 1.54) is 0 Å². The molecule has 4 nitrogen and oxygen atoms in total. The van der Waals surface area contributed by atoms with E-state index < -0.39 is 0 Å². The van der Waals surface area contributed by atoms with E-state index in [0.717, 1.165) is 12.0 Å². The number of rotatable bonds is 6. The van der Waals surface area contributed by atoms with Gasteiger partial charge < -0.3 is 15.2 Å². The Morgan fingerprint density at radius 1 is 1.53 bits per heavy atom. The van der Waals surface area contributed by atoms with Crippen molar-refractivity contribution in [3.8, 4) is 5.75 Å². The lowest BCUT2D eigenvalue weighted by molar-refractivity contribution is -0.121. The lowest BCUT2D eigenvalue weighted by atomic mass is 10.1. The molecule has 1 aromatic carbocycles. The second-order valence-electron chi connectivity index (χ2n) is 4.10. The summed E-state index contributed by atoms with van der Waals surface area (Å²) in [4.78, 5) is 11.7. The average Bonchev–Trinajstić information content (AvgIpc) is 2.26. The van der Waals surface area contributed by atoms with Crippen molar-refractivity contribution < 1.29 is 14.6 Å². The van der Waals surface area contributed by atoms with Crippen molar-refractivity contribution in [2.24, 2.45) is 0 Å². The molecule has 1 aromatic rings. The summed E-state index contributed by atoms with van der Waals surface area (Å²) in [5.41, 5.74) is 0.807. The van der Waals surface area contributed by atoms with Crippen molar-refractivity contribution in [3.05, 3.63) is 29.8 Å². The van der Waals surface area contributed by atoms with Crippen LogP contribution < -0.4 is 5.32 Å². The summed E-state index contributed by atoms with van der Waals surface area (Å²) in [6, 6.07) is 6.83. The van der Waals surface area contributed by atoms with Crippen molar-refractivity contribution >= 4 is 5.91 Å². The molecule has 4 heteroatoms. The molecule has 0 heterocycles. The molecule has 0 radical (unpaired) electrons. The number of nitrogens with one attached hydrogen (secondary N) is 1. The minimum absolute atomic E-state index is 0.0424. The van der Waals surface area contributed by atoms with Crippen LogP contribution in [0.4, 0.5) is 0 Å². The number of phenolic OH excluding ortho intramolecular Hbond substituents is 1. The predicted molar refractivity (Wildman–Crippen MR) is 65.9 cm³/mol. The zero-order valence-corrected chi connectivity index (χ0v) is 10.3. The van der Waals surface area contributed by atoms with E-state index in [1.807, 2.05) is 13.0 Å². The lowest BCUT2D eigenvalue weighted by Gasteiger charge is -2.13. The predicted octanol–water partition coefficient (Wildman–Crippen LogP) is 1.48. The summed E-state index contributed by atoms with van der Waals surface area (Å²) in [5.74, 6) is 0.141. The van der Waals surface area contributed by atoms with E-state index in [1.54, 1.807) is 25.3 Å². The molecule has 94 valence electrons. The molecular weight excluding hydrogens is 218 g/mol. The number of benzene rings is 1. The van der Waals surface area contributed by atoms with Gasteiger partial charge in [0, 0.05) is 19.8 Å². The molecule has 0 aliphatic rings. The van der Waals surface area contributed by atoms with Crippen LogP contribution >= 0.6 is 0 Å². The number of methoxy groups -OCH3 is 1. The van der Waals surface area contributed by atoms with Gasteiger partial charge in [-0.05, 0) is 31.0 Å². The highest BCUT2D eigenvalue weighted by molar-refractivity contribution is 5.78. The molecule has 0 saturated carbocycles. The Morgan fingerprint density at radius 2 is 2.29 bits per heavy atom. The number of ether oxygens (including phenoxy) is 1. The first-order valence-electron chi connectivity index (χ1n) is 5.68. The number of amides is 1. The standard InChI is InChI=1S/C13H19NO3/c1-10(6-7-17-2)14-13(16)9-11-4-3-5-12(15)8-11/h3-5,8,10,15H,6-7,9H2,1-2H3,(H,14,16). The van der Waals surface area contributed by atoms with Gasteiger partial charge in [0.25, 0.3) is 0 Å². The molecule has 0 aromatic heterocycles. The third-order valence-electron chi connectivity index (χ3n) is 2.44. The normalized spacial score (nSPS) is 12.1. The molecule has 1 amide bonds. The van der Waals surface area contributed by atoms with E-state index in [9.17, 15) is 9.90 Å². The maximum Gasteiger partial charge on any atom is 0.224 e. The van der Waals surface area contributed by atoms with E-state index in [2.05, 4.69) is 5.32 Å². The van der Waals surface area contributed by atoms with Crippen molar-refractivity contribution in [3.63, 3.8) is 0 Å². The third-order valence-corrected chi connectivity index (χ3v) is 2.44. The highest BCUT2D eigenvalue weighted by Gasteiger charge is 2.08. The highest BCUT2D eigenvalue weighted by Crippen LogP contribution is 2.11. The highest BCUT2D eigenvalue weighted by atomic mass is 16.5. The zero-order valence-electron chi connectivity index (χ0n) is 10.3. The van der Waals surface area contributed by atoms with Gasteiger partial charge in [0.1, 0.15) is 5.75 Å². The topological polar surface area (TPSA) is 58.6 Å². The monoisotopic (exact) mass is 237 g/mol. The van der Waals surface area contributed by atoms with Crippen LogP contribution in [0.5, 0.6) is 5.75 Å². The molecule has 1 atom stereocenters. The Balaban J connectivity index is 2.39. The van der Waals surface area contributed by atoms with Crippen LogP contribution in [-0.4, -0.2) is 30.8 Å². The Hall–Kier alpha value is -1.55. The summed E-state index contributed by atoms with van der Waals surface area (Å²) >= 11 is 0. The van der Waals surface area contributed by atoms with Gasteiger partial charge >= 0.3 is 0 Å². The Bertz CT molecular complexity index is 365. The Labute approximate surface area is 102 Å². The van der Waals surface area contributed by atoms with Crippen molar-refractivity contribution in [2.45, 2.75) is 25.8 Å². The molecule has 17 heavy (non-hydrogen) atoms. The van der Waals surface area contributed by atoms with Crippen LogP contribution in [-0.2, 0) is 16.0 Å². The fourth-order valence-electron chi connectivity index (χ4n) is 1.54. The lowest BCUT2D eigenvalue weighted by Crippen LogP contribution is -2.34. The van der Waals surface area contributed by atoms with Gasteiger partial charge in [-0.25, -0.2) is 0 Å². The van der Waals surface area contributed by atoms with Gasteiger partial charge in [0.2, 0.25) is 5.91 Å². The van der Waals surface area contributed by atoms with E-state index in [4.69, 9.17) is 4.74 Å². The van der Waals surface area contributed by atoms with Crippen LogP contribution in [0.3, 0.4) is 0 Å². The first kappa shape index (κ1) is 13.5. The van der Waals surface area contributed by atoms with Crippen molar-refractivity contribution in [2.75, 3.05) is 13.7 Å². The number of hydrogen-bond acceptors (Lipinski definition) is 3. The van der Waals surface area contributed by atoms with Gasteiger partial charge in [-0.2, -0.15) is 0 Å². The van der Waals surface area contributed by atoms with Crippen molar-refractivity contribution in [1.29, 1.82) is 0 Å². The second-order valence-corrected chi connectivity index (χ2v) is 4.10. The first-order valence-corrected chi connectivity index (χ1v) is 5.68. The number of aromatic hydroxyl groups is 1. The van der Waals surface area contributed by atoms with Gasteiger partial charge in [0.15, 0.2) is 0 Å². The number of hydrogen-bond donors (Lipinski definition) is 2. The average molecular weight is 237 g/mol. The molecule has 0 spiro atoms. The Kier molecular flexibility index (Phi) is 5.49. The first-order chi connectivity index (χ1) is 8.11. The van der Waals surface area contributed by atoms with Crippen molar-refractivity contribution in [1.82, 2.24) is 5.32 Å². The van der Waals surface area contributed by atoms with Crippen LogP contribution in [0.2, 0.25) is 0 Å². The van der Waals surface area contributed by atoms with Crippen LogP contribution in [0.25, 0.3) is 0 Å². The fourth-order valence-corrected chi connectivity index (χ4v) is 1.54. The summed E-state index contributed by atoms with van der Waals surface area (Å²) in [7, 11) is 1.64. The summed E-state index contributed by atoms with van der Waals surface area (Å²) < 4.78 is 4.94. The number of carbonyl (C=O) groups is 1. The summed E-state index contributed by atoms with van der Waals surface area (Å²) in [6.07, 6.45) is 1.08. The second kappa shape index (κ2) is 6.91. The number of carbonyl (C=O) groups excluding carboxylic acids is 1. The van der Waals surface area contributed by atoms with Crippen LogP contribution in [0, 0.1) is 0 Å². The SMILES string of the molecule is COCCC(C)NC(=O)Cc1cccc(O)c1. The summed E-state index contributed by atoms with van der Waals surface area (Å²) in [6.45, 7) is 2.58. The largest absolute Gasteiger partial charge is 0.508 e. The molecule has 0 bridgehead atoms.